The smallest absolute Gasteiger partial charge is 0.238 e. The lowest BCUT2D eigenvalue weighted by Gasteiger charge is -2.14. The molecule has 1 aliphatic rings. The van der Waals surface area contributed by atoms with Crippen LogP contribution in [-0.2, 0) is 4.74 Å². The maximum Gasteiger partial charge on any atom is 0.238 e. The average Bonchev–Trinajstić information content (AvgIpc) is 2.19. The minimum atomic E-state index is 0.660. The van der Waals surface area contributed by atoms with Crippen LogP contribution in [0.15, 0.2) is 33.8 Å². The van der Waals surface area contributed by atoms with E-state index in [0.29, 0.717) is 12.5 Å². The molecule has 1 aromatic rings. The molecule has 2 rings (SSSR count). The van der Waals surface area contributed by atoms with Crippen LogP contribution in [0.1, 0.15) is 5.56 Å². The molecule has 13 heavy (non-hydrogen) atoms. The van der Waals surface area contributed by atoms with E-state index < -0.39 is 0 Å². The number of benzene rings is 1. The highest BCUT2D eigenvalue weighted by Gasteiger charge is 2.08. The molecule has 1 heterocycles. The van der Waals surface area contributed by atoms with Crippen molar-refractivity contribution >= 4 is 21.8 Å². The van der Waals surface area contributed by atoms with E-state index in [4.69, 9.17) is 4.74 Å². The Kier molecular flexibility index (Phi) is 2.49. The zero-order chi connectivity index (χ0) is 9.10. The molecule has 0 saturated carbocycles. The van der Waals surface area contributed by atoms with Crippen LogP contribution in [0.4, 0.5) is 0 Å². The van der Waals surface area contributed by atoms with Gasteiger partial charge in [-0.3, -0.25) is 0 Å². The molecule has 4 heteroatoms. The Bertz CT molecular complexity index is 338. The van der Waals surface area contributed by atoms with Gasteiger partial charge in [0, 0.05) is 10.0 Å². The highest BCUT2D eigenvalue weighted by Crippen LogP contribution is 2.13. The standard InChI is InChI=1S/C9H9BrN2O/c10-8-3-1-2-7(6-8)9-12-11-4-5-13-9/h1-3,6,11H,4-5H2. The fourth-order valence-electron chi connectivity index (χ4n) is 1.12. The van der Waals surface area contributed by atoms with Crippen LogP contribution in [0.5, 0.6) is 0 Å². The van der Waals surface area contributed by atoms with Crippen LogP contribution < -0.4 is 5.43 Å². The Morgan fingerprint density at radius 3 is 3.08 bits per heavy atom. The largest absolute Gasteiger partial charge is 0.474 e. The van der Waals surface area contributed by atoms with Crippen LogP contribution in [0.3, 0.4) is 0 Å². The first-order valence-corrected chi connectivity index (χ1v) is 4.85. The second-order valence-corrected chi connectivity index (χ2v) is 3.60. The van der Waals surface area contributed by atoms with Gasteiger partial charge < -0.3 is 10.2 Å². The highest BCUT2D eigenvalue weighted by molar-refractivity contribution is 9.10. The SMILES string of the molecule is Brc1cccc(C2=NNCCO2)c1. The van der Waals surface area contributed by atoms with Crippen LogP contribution >= 0.6 is 15.9 Å². The molecule has 0 spiro atoms. The predicted octanol–water partition coefficient (Wildman–Crippen LogP) is 1.73. The molecule has 1 N–H and O–H groups in total. The Morgan fingerprint density at radius 2 is 2.38 bits per heavy atom. The average molecular weight is 241 g/mol. The Balaban J connectivity index is 2.29. The summed E-state index contributed by atoms with van der Waals surface area (Å²) in [7, 11) is 0. The Labute approximate surface area is 84.9 Å². The van der Waals surface area contributed by atoms with Crippen LogP contribution in [-0.4, -0.2) is 19.0 Å². The topological polar surface area (TPSA) is 33.6 Å². The maximum absolute atomic E-state index is 5.39. The summed E-state index contributed by atoms with van der Waals surface area (Å²) in [6.07, 6.45) is 0. The van der Waals surface area contributed by atoms with E-state index in [1.165, 1.54) is 0 Å². The Morgan fingerprint density at radius 1 is 1.46 bits per heavy atom. The van der Waals surface area contributed by atoms with Crippen molar-refractivity contribution in [2.45, 2.75) is 0 Å². The highest BCUT2D eigenvalue weighted by atomic mass is 79.9. The first-order valence-electron chi connectivity index (χ1n) is 4.05. The third-order valence-corrected chi connectivity index (χ3v) is 2.20. The van der Waals surface area contributed by atoms with Gasteiger partial charge in [0.05, 0.1) is 6.54 Å². The zero-order valence-electron chi connectivity index (χ0n) is 6.96. The lowest BCUT2D eigenvalue weighted by Crippen LogP contribution is -2.26. The molecule has 68 valence electrons. The van der Waals surface area contributed by atoms with Crippen LogP contribution in [0.25, 0.3) is 0 Å². The van der Waals surface area contributed by atoms with Gasteiger partial charge in [-0.25, -0.2) is 0 Å². The normalized spacial score (nSPS) is 15.6. The minimum Gasteiger partial charge on any atom is -0.474 e. The lowest BCUT2D eigenvalue weighted by molar-refractivity contribution is 0.279. The summed E-state index contributed by atoms with van der Waals surface area (Å²) >= 11 is 3.40. The molecule has 1 aliphatic heterocycles. The molecule has 0 unspecified atom stereocenters. The molecule has 0 bridgehead atoms. The predicted molar refractivity (Wildman–Crippen MR) is 54.6 cm³/mol. The summed E-state index contributed by atoms with van der Waals surface area (Å²) in [6.45, 7) is 1.45. The molecule has 0 radical (unpaired) electrons. The Hall–Kier alpha value is -1.03. The number of nitrogens with zero attached hydrogens (tertiary/aromatic N) is 1. The van der Waals surface area contributed by atoms with Gasteiger partial charge >= 0.3 is 0 Å². The lowest BCUT2D eigenvalue weighted by atomic mass is 10.2. The monoisotopic (exact) mass is 240 g/mol. The number of rotatable bonds is 1. The fourth-order valence-corrected chi connectivity index (χ4v) is 1.52. The van der Waals surface area contributed by atoms with Gasteiger partial charge in [-0.05, 0) is 18.2 Å². The maximum atomic E-state index is 5.39. The van der Waals surface area contributed by atoms with Gasteiger partial charge in [0.2, 0.25) is 5.90 Å². The van der Waals surface area contributed by atoms with Crippen molar-refractivity contribution in [2.24, 2.45) is 5.10 Å². The van der Waals surface area contributed by atoms with Crippen LogP contribution in [0, 0.1) is 0 Å². The molecular weight excluding hydrogens is 232 g/mol. The molecule has 1 aromatic carbocycles. The number of hydrogen-bond donors (Lipinski definition) is 1. The van der Waals surface area contributed by atoms with Gasteiger partial charge in [0.25, 0.3) is 0 Å². The number of ether oxygens (including phenoxy) is 1. The van der Waals surface area contributed by atoms with Crippen molar-refractivity contribution in [3.63, 3.8) is 0 Å². The molecule has 0 atom stereocenters. The summed E-state index contributed by atoms with van der Waals surface area (Å²) in [4.78, 5) is 0. The summed E-state index contributed by atoms with van der Waals surface area (Å²) < 4.78 is 6.42. The molecular formula is C9H9BrN2O. The molecule has 0 fully saturated rings. The second kappa shape index (κ2) is 3.79. The van der Waals surface area contributed by atoms with E-state index in [2.05, 4.69) is 26.5 Å². The van der Waals surface area contributed by atoms with Crippen molar-refractivity contribution in [3.05, 3.63) is 34.3 Å². The molecule has 3 nitrogen and oxygen atoms in total. The number of halogens is 1. The van der Waals surface area contributed by atoms with E-state index in [1.54, 1.807) is 0 Å². The van der Waals surface area contributed by atoms with Gasteiger partial charge in [-0.2, -0.15) is 0 Å². The molecule has 0 amide bonds. The quantitative estimate of drug-likeness (QED) is 0.812. The summed E-state index contributed by atoms with van der Waals surface area (Å²) in [5.41, 5.74) is 3.89. The molecule has 0 aromatic heterocycles. The van der Waals surface area contributed by atoms with Crippen molar-refractivity contribution < 1.29 is 4.74 Å². The molecule has 0 aliphatic carbocycles. The minimum absolute atomic E-state index is 0.660. The number of hydrazone groups is 1. The van der Waals surface area contributed by atoms with Crippen molar-refractivity contribution in [3.8, 4) is 0 Å². The van der Waals surface area contributed by atoms with Gasteiger partial charge in [0.15, 0.2) is 0 Å². The van der Waals surface area contributed by atoms with Gasteiger partial charge in [-0.15, -0.1) is 5.10 Å². The third-order valence-electron chi connectivity index (χ3n) is 1.70. The van der Waals surface area contributed by atoms with Crippen molar-refractivity contribution in [2.75, 3.05) is 13.2 Å². The van der Waals surface area contributed by atoms with E-state index in [1.807, 2.05) is 24.3 Å². The summed E-state index contributed by atoms with van der Waals surface area (Å²) in [5.74, 6) is 0.660. The first-order chi connectivity index (χ1) is 6.36. The van der Waals surface area contributed by atoms with Crippen LogP contribution in [0.2, 0.25) is 0 Å². The third kappa shape index (κ3) is 2.01. The van der Waals surface area contributed by atoms with E-state index in [-0.39, 0.29) is 0 Å². The van der Waals surface area contributed by atoms with Crippen molar-refractivity contribution in [1.82, 2.24) is 5.43 Å². The first kappa shape index (κ1) is 8.56. The van der Waals surface area contributed by atoms with Gasteiger partial charge in [-0.1, -0.05) is 22.0 Å². The number of nitrogens with one attached hydrogen (secondary N) is 1. The van der Waals surface area contributed by atoms with Crippen molar-refractivity contribution in [1.29, 1.82) is 0 Å². The number of hydrogen-bond acceptors (Lipinski definition) is 3. The zero-order valence-corrected chi connectivity index (χ0v) is 8.54. The fraction of sp³-hybridized carbons (Fsp3) is 0.222. The van der Waals surface area contributed by atoms with E-state index in [9.17, 15) is 0 Å². The van der Waals surface area contributed by atoms with E-state index >= 15 is 0 Å². The summed E-state index contributed by atoms with van der Waals surface area (Å²) in [5, 5.41) is 4.06. The summed E-state index contributed by atoms with van der Waals surface area (Å²) in [6, 6.07) is 7.88. The van der Waals surface area contributed by atoms with Gasteiger partial charge in [0.1, 0.15) is 6.61 Å². The second-order valence-electron chi connectivity index (χ2n) is 2.68. The molecule has 0 saturated heterocycles. The van der Waals surface area contributed by atoms with E-state index in [0.717, 1.165) is 16.6 Å².